The second-order valence-electron chi connectivity index (χ2n) is 5.94. The van der Waals surface area contributed by atoms with Gasteiger partial charge in [-0.3, -0.25) is 4.79 Å². The highest BCUT2D eigenvalue weighted by atomic mass is 16.1. The standard InChI is InChI=1S/C19H22N4O/c1-4-23-17(22-16-6-5-10-20-18(16)23)9-11-21-19(24)15-8-7-13(2)12-14(15)3/h5-8,10,12H,4,9,11H2,1-3H3,(H,21,24). The lowest BCUT2D eigenvalue weighted by Crippen LogP contribution is -2.27. The van der Waals surface area contributed by atoms with Crippen LogP contribution in [0, 0.1) is 13.8 Å². The van der Waals surface area contributed by atoms with Crippen LogP contribution >= 0.6 is 0 Å². The first kappa shape index (κ1) is 16.2. The zero-order valence-corrected chi connectivity index (χ0v) is 14.3. The Morgan fingerprint density at radius 1 is 1.25 bits per heavy atom. The molecule has 5 nitrogen and oxygen atoms in total. The largest absolute Gasteiger partial charge is 0.352 e. The summed E-state index contributed by atoms with van der Waals surface area (Å²) in [6.07, 6.45) is 2.46. The molecule has 0 radical (unpaired) electrons. The summed E-state index contributed by atoms with van der Waals surface area (Å²) in [7, 11) is 0. The first-order chi connectivity index (χ1) is 11.6. The van der Waals surface area contributed by atoms with E-state index in [1.54, 1.807) is 6.20 Å². The number of carbonyl (C=O) groups is 1. The number of nitrogens with zero attached hydrogens (tertiary/aromatic N) is 3. The summed E-state index contributed by atoms with van der Waals surface area (Å²) in [5.41, 5.74) is 4.68. The number of aryl methyl sites for hydroxylation is 3. The molecule has 0 aliphatic rings. The summed E-state index contributed by atoms with van der Waals surface area (Å²) in [5.74, 6) is 0.914. The fourth-order valence-electron chi connectivity index (χ4n) is 2.98. The average Bonchev–Trinajstić information content (AvgIpc) is 2.92. The van der Waals surface area contributed by atoms with Crippen molar-refractivity contribution in [2.24, 2.45) is 0 Å². The number of hydrogen-bond donors (Lipinski definition) is 1. The Kier molecular flexibility index (Phi) is 4.60. The van der Waals surface area contributed by atoms with Gasteiger partial charge in [0.05, 0.1) is 0 Å². The SMILES string of the molecule is CCn1c(CCNC(=O)c2ccc(C)cc2C)nc2cccnc21. The summed E-state index contributed by atoms with van der Waals surface area (Å²) in [4.78, 5) is 21.4. The van der Waals surface area contributed by atoms with Gasteiger partial charge in [-0.05, 0) is 44.5 Å². The molecule has 24 heavy (non-hydrogen) atoms. The fraction of sp³-hybridized carbons (Fsp3) is 0.316. The number of benzene rings is 1. The van der Waals surface area contributed by atoms with Crippen LogP contribution in [0.15, 0.2) is 36.5 Å². The van der Waals surface area contributed by atoms with E-state index in [0.29, 0.717) is 13.0 Å². The molecule has 0 saturated heterocycles. The number of fused-ring (bicyclic) bond motifs is 1. The van der Waals surface area contributed by atoms with E-state index in [4.69, 9.17) is 0 Å². The van der Waals surface area contributed by atoms with Gasteiger partial charge < -0.3 is 9.88 Å². The van der Waals surface area contributed by atoms with Gasteiger partial charge in [-0.25, -0.2) is 9.97 Å². The van der Waals surface area contributed by atoms with Crippen molar-refractivity contribution in [3.8, 4) is 0 Å². The second kappa shape index (κ2) is 6.83. The Balaban J connectivity index is 1.69. The van der Waals surface area contributed by atoms with Gasteiger partial charge in [0.2, 0.25) is 0 Å². The number of pyridine rings is 1. The molecule has 0 aliphatic carbocycles. The van der Waals surface area contributed by atoms with E-state index in [-0.39, 0.29) is 5.91 Å². The van der Waals surface area contributed by atoms with Crippen LogP contribution in [0.1, 0.15) is 34.2 Å². The molecule has 1 amide bonds. The molecule has 0 fully saturated rings. The van der Waals surface area contributed by atoms with Crippen LogP contribution in [0.4, 0.5) is 0 Å². The Hall–Kier alpha value is -2.69. The molecule has 0 atom stereocenters. The van der Waals surface area contributed by atoms with Gasteiger partial charge >= 0.3 is 0 Å². The number of carbonyl (C=O) groups excluding carboxylic acids is 1. The van der Waals surface area contributed by atoms with Gasteiger partial charge in [0.1, 0.15) is 11.3 Å². The van der Waals surface area contributed by atoms with E-state index in [9.17, 15) is 4.79 Å². The Labute approximate surface area is 141 Å². The average molecular weight is 322 g/mol. The highest BCUT2D eigenvalue weighted by Gasteiger charge is 2.12. The van der Waals surface area contributed by atoms with Crippen LogP contribution in [-0.4, -0.2) is 27.0 Å². The van der Waals surface area contributed by atoms with Gasteiger partial charge in [0.15, 0.2) is 5.65 Å². The predicted molar refractivity (Wildman–Crippen MR) is 95.2 cm³/mol. The summed E-state index contributed by atoms with van der Waals surface area (Å²) >= 11 is 0. The normalized spacial score (nSPS) is 11.0. The molecule has 124 valence electrons. The molecular weight excluding hydrogens is 300 g/mol. The Morgan fingerprint density at radius 2 is 2.08 bits per heavy atom. The fourth-order valence-corrected chi connectivity index (χ4v) is 2.98. The summed E-state index contributed by atoms with van der Waals surface area (Å²) in [6, 6.07) is 9.72. The zero-order valence-electron chi connectivity index (χ0n) is 14.3. The van der Waals surface area contributed by atoms with Gasteiger partial charge in [0.25, 0.3) is 5.91 Å². The molecule has 2 aromatic heterocycles. The maximum Gasteiger partial charge on any atom is 0.251 e. The van der Waals surface area contributed by atoms with Gasteiger partial charge in [0, 0.05) is 31.3 Å². The van der Waals surface area contributed by atoms with E-state index < -0.39 is 0 Å². The quantitative estimate of drug-likeness (QED) is 0.785. The van der Waals surface area contributed by atoms with E-state index in [1.165, 1.54) is 0 Å². The smallest absolute Gasteiger partial charge is 0.251 e. The minimum atomic E-state index is -0.0372. The van der Waals surface area contributed by atoms with E-state index in [2.05, 4.69) is 26.8 Å². The molecule has 0 spiro atoms. The minimum Gasteiger partial charge on any atom is -0.352 e. The molecule has 3 aromatic rings. The molecule has 0 bridgehead atoms. The number of nitrogens with one attached hydrogen (secondary N) is 1. The predicted octanol–water partition coefficient (Wildman–Crippen LogP) is 3.04. The van der Waals surface area contributed by atoms with Gasteiger partial charge in [-0.2, -0.15) is 0 Å². The van der Waals surface area contributed by atoms with Gasteiger partial charge in [-0.15, -0.1) is 0 Å². The third-order valence-electron chi connectivity index (χ3n) is 4.16. The highest BCUT2D eigenvalue weighted by molar-refractivity contribution is 5.95. The van der Waals surface area contributed by atoms with Crippen molar-refractivity contribution in [1.29, 1.82) is 0 Å². The van der Waals surface area contributed by atoms with Gasteiger partial charge in [-0.1, -0.05) is 17.7 Å². The maximum atomic E-state index is 12.3. The molecule has 3 rings (SSSR count). The topological polar surface area (TPSA) is 59.8 Å². The van der Waals surface area contributed by atoms with E-state index in [0.717, 1.165) is 40.2 Å². The van der Waals surface area contributed by atoms with Crippen molar-refractivity contribution in [2.75, 3.05) is 6.54 Å². The van der Waals surface area contributed by atoms with E-state index >= 15 is 0 Å². The van der Waals surface area contributed by atoms with Crippen LogP contribution in [0.5, 0.6) is 0 Å². The van der Waals surface area contributed by atoms with Crippen LogP contribution < -0.4 is 5.32 Å². The molecule has 2 heterocycles. The molecule has 0 unspecified atom stereocenters. The lowest BCUT2D eigenvalue weighted by Gasteiger charge is -2.09. The van der Waals surface area contributed by atoms with Crippen molar-refractivity contribution in [2.45, 2.75) is 33.7 Å². The molecule has 1 N–H and O–H groups in total. The van der Waals surface area contributed by atoms with Crippen molar-refractivity contribution < 1.29 is 4.79 Å². The number of rotatable bonds is 5. The number of hydrogen-bond acceptors (Lipinski definition) is 3. The lowest BCUT2D eigenvalue weighted by molar-refractivity contribution is 0.0953. The Morgan fingerprint density at radius 3 is 2.83 bits per heavy atom. The monoisotopic (exact) mass is 322 g/mol. The highest BCUT2D eigenvalue weighted by Crippen LogP contribution is 2.14. The van der Waals surface area contributed by atoms with Crippen molar-refractivity contribution in [1.82, 2.24) is 19.9 Å². The van der Waals surface area contributed by atoms with Crippen LogP contribution in [0.3, 0.4) is 0 Å². The molecule has 0 aliphatic heterocycles. The Bertz CT molecular complexity index is 882. The molecule has 0 saturated carbocycles. The van der Waals surface area contributed by atoms with E-state index in [1.807, 2.05) is 44.2 Å². The minimum absolute atomic E-state index is 0.0372. The number of amides is 1. The zero-order chi connectivity index (χ0) is 17.1. The number of aromatic nitrogens is 3. The summed E-state index contributed by atoms with van der Waals surface area (Å²) in [5, 5.41) is 2.99. The van der Waals surface area contributed by atoms with Crippen LogP contribution in [0.2, 0.25) is 0 Å². The molecule has 5 heteroatoms. The lowest BCUT2D eigenvalue weighted by atomic mass is 10.1. The third-order valence-corrected chi connectivity index (χ3v) is 4.16. The molecular formula is C19H22N4O. The third kappa shape index (κ3) is 3.15. The molecule has 1 aromatic carbocycles. The first-order valence-corrected chi connectivity index (χ1v) is 8.25. The maximum absolute atomic E-state index is 12.3. The first-order valence-electron chi connectivity index (χ1n) is 8.25. The van der Waals surface area contributed by atoms with Crippen molar-refractivity contribution >= 4 is 17.1 Å². The second-order valence-corrected chi connectivity index (χ2v) is 5.94. The number of imidazole rings is 1. The van der Waals surface area contributed by atoms with Crippen molar-refractivity contribution in [3.05, 3.63) is 59.0 Å². The summed E-state index contributed by atoms with van der Waals surface area (Å²) in [6.45, 7) is 7.43. The van der Waals surface area contributed by atoms with Crippen LogP contribution in [-0.2, 0) is 13.0 Å². The summed E-state index contributed by atoms with van der Waals surface area (Å²) < 4.78 is 2.10. The van der Waals surface area contributed by atoms with Crippen molar-refractivity contribution in [3.63, 3.8) is 0 Å². The van der Waals surface area contributed by atoms with Crippen LogP contribution in [0.25, 0.3) is 11.2 Å².